The Bertz CT molecular complexity index is 1260. The highest BCUT2D eigenvalue weighted by Crippen LogP contribution is 2.17. The second-order valence-corrected chi connectivity index (χ2v) is 11.0. The van der Waals surface area contributed by atoms with Gasteiger partial charge in [0.05, 0.1) is 25.4 Å². The third-order valence-electron chi connectivity index (χ3n) is 6.96. The number of aliphatic hydroxyl groups excluding tert-OH is 8. The molecule has 1 amide bonds. The third-order valence-corrected chi connectivity index (χ3v) is 7.24. The molecule has 0 aliphatic heterocycles. The van der Waals surface area contributed by atoms with E-state index in [2.05, 4.69) is 20.3 Å². The molecule has 0 spiro atoms. The summed E-state index contributed by atoms with van der Waals surface area (Å²) in [7, 11) is 0. The molecule has 21 heteroatoms. The minimum Gasteiger partial charge on any atom is -0.492 e. The average molecular weight is 762 g/mol. The van der Waals surface area contributed by atoms with E-state index in [9.17, 15) is 35.4 Å². The van der Waals surface area contributed by atoms with Gasteiger partial charge in [0.1, 0.15) is 36.8 Å². The molecule has 1 heterocycles. The van der Waals surface area contributed by atoms with Crippen LogP contribution in [0.4, 0.5) is 11.6 Å². The van der Waals surface area contributed by atoms with Crippen LogP contribution in [-0.4, -0.2) is 150 Å². The molecule has 18 nitrogen and oxygen atoms in total. The van der Waals surface area contributed by atoms with Crippen LogP contribution in [0.1, 0.15) is 28.9 Å². The summed E-state index contributed by atoms with van der Waals surface area (Å²) in [6.45, 7) is -1.60. The first-order valence-corrected chi connectivity index (χ1v) is 15.1. The molecular weight excluding hydrogens is 715 g/mol. The zero-order valence-corrected chi connectivity index (χ0v) is 28.8. The number of ether oxygens (including phenoxy) is 1. The molecule has 1 aromatic heterocycles. The number of amides is 1. The van der Waals surface area contributed by atoms with E-state index in [1.54, 1.807) is 12.1 Å². The largest absolute Gasteiger partial charge is 0.492 e. The second kappa shape index (κ2) is 23.5. The van der Waals surface area contributed by atoms with E-state index in [0.717, 1.165) is 18.4 Å². The van der Waals surface area contributed by atoms with Crippen molar-refractivity contribution in [2.45, 2.75) is 55.9 Å². The fourth-order valence-electron chi connectivity index (χ4n) is 4.24. The number of aliphatic imine (C=N–C) groups is 1. The first-order valence-electron chi connectivity index (χ1n) is 14.7. The van der Waals surface area contributed by atoms with Crippen LogP contribution in [0.15, 0.2) is 29.3 Å². The van der Waals surface area contributed by atoms with E-state index < -0.39 is 55.7 Å². The maximum absolute atomic E-state index is 12.3. The van der Waals surface area contributed by atoms with Crippen LogP contribution in [0.2, 0.25) is 5.15 Å². The number of rotatable bonds is 20. The lowest BCUT2D eigenvalue weighted by molar-refractivity contribution is -0.101. The molecule has 0 bridgehead atoms. The topological polar surface area (TPSA) is 320 Å². The van der Waals surface area contributed by atoms with Crippen LogP contribution in [0, 0.1) is 0 Å². The Kier molecular flexibility index (Phi) is 22.2. The number of nitrogens with one attached hydrogen (secondary N) is 1. The van der Waals surface area contributed by atoms with Crippen molar-refractivity contribution in [2.75, 3.05) is 57.5 Å². The van der Waals surface area contributed by atoms with Crippen LogP contribution in [0.3, 0.4) is 0 Å². The van der Waals surface area contributed by atoms with Crippen molar-refractivity contribution in [1.29, 1.82) is 0 Å². The van der Waals surface area contributed by atoms with Crippen LogP contribution in [0.5, 0.6) is 5.75 Å². The normalized spacial score (nSPS) is 15.3. The van der Waals surface area contributed by atoms with Crippen molar-refractivity contribution in [3.63, 3.8) is 0 Å². The standard InChI is InChI=1S/C28H45ClN8O10.2ClH/c29-24-26(31)35-25(30)21(34-24)27(46)36-28(32)33-8-2-1-3-15-4-6-16(7-5-15)47-10-9-37(11-17(40)22(44)19(42)13-38)12-18(41)23(45)20(43)14-39;;/h4-7,17-20,22-23,38-45H,1-3,8-14H2,(H4,30,31,35)(H3,32,33,36,46);2*1H/t17-,18-,19+,20+,22+,23+;;/m0../s1. The van der Waals surface area contributed by atoms with Gasteiger partial charge in [-0.05, 0) is 37.0 Å². The van der Waals surface area contributed by atoms with Gasteiger partial charge in [-0.3, -0.25) is 20.0 Å². The molecule has 0 saturated heterocycles. The molecule has 0 saturated carbocycles. The zero-order chi connectivity index (χ0) is 35.1. The Morgan fingerprint density at radius 2 is 1.43 bits per heavy atom. The number of nitrogen functional groups attached to an aromatic ring is 2. The number of hydrogen-bond donors (Lipinski definition) is 12. The number of nitrogens with two attached hydrogens (primary N) is 3. The van der Waals surface area contributed by atoms with Crippen LogP contribution in [-0.2, 0) is 6.42 Å². The zero-order valence-electron chi connectivity index (χ0n) is 26.5. The maximum atomic E-state index is 12.3. The molecule has 0 fully saturated rings. The van der Waals surface area contributed by atoms with Gasteiger partial charge in [0.2, 0.25) is 0 Å². The molecule has 0 unspecified atom stereocenters. The van der Waals surface area contributed by atoms with E-state index in [1.807, 2.05) is 12.1 Å². The molecule has 0 aliphatic carbocycles. The Hall–Kier alpha value is -2.85. The summed E-state index contributed by atoms with van der Waals surface area (Å²) in [6, 6.07) is 7.27. The fraction of sp³-hybridized carbons (Fsp3) is 0.571. The minimum absolute atomic E-state index is 0. The SMILES string of the molecule is Cl.Cl.NC(=NCCCCc1ccc(OCCN(C[C@H](O)[C@@H](O)[C@H](O)CO)C[C@H](O)[C@@H](O)[C@H](O)CO)cc1)NC(=O)c1nc(Cl)c(N)nc1N. The smallest absolute Gasteiger partial charge is 0.280 e. The number of hydrogen-bond acceptors (Lipinski definition) is 16. The Labute approximate surface area is 300 Å². The summed E-state index contributed by atoms with van der Waals surface area (Å²) in [5.74, 6) is -0.617. The van der Waals surface area contributed by atoms with E-state index in [0.29, 0.717) is 18.7 Å². The molecular formula is C28H47Cl3N8O10. The van der Waals surface area contributed by atoms with Crippen molar-refractivity contribution >= 4 is 59.9 Å². The number of anilines is 2. The van der Waals surface area contributed by atoms with Crippen LogP contribution in [0.25, 0.3) is 0 Å². The van der Waals surface area contributed by atoms with Gasteiger partial charge in [-0.15, -0.1) is 24.8 Å². The number of halogens is 3. The van der Waals surface area contributed by atoms with Crippen LogP contribution >= 0.6 is 36.4 Å². The minimum atomic E-state index is -1.68. The summed E-state index contributed by atoms with van der Waals surface area (Å²) in [6.07, 6.45) is -7.42. The van der Waals surface area contributed by atoms with Gasteiger partial charge in [-0.1, -0.05) is 23.7 Å². The lowest BCUT2D eigenvalue weighted by Crippen LogP contribution is -2.51. The predicted molar refractivity (Wildman–Crippen MR) is 186 cm³/mol. The van der Waals surface area contributed by atoms with E-state index >= 15 is 0 Å². The van der Waals surface area contributed by atoms with Crippen LogP contribution < -0.4 is 27.3 Å². The molecule has 1 aromatic carbocycles. The van der Waals surface area contributed by atoms with Gasteiger partial charge in [0, 0.05) is 26.2 Å². The van der Waals surface area contributed by atoms with Crippen molar-refractivity contribution < 1.29 is 50.4 Å². The summed E-state index contributed by atoms with van der Waals surface area (Å²) in [4.78, 5) is 25.4. The molecule has 6 atom stereocenters. The quantitative estimate of drug-likeness (QED) is 0.0364. The van der Waals surface area contributed by atoms with Gasteiger partial charge in [0.25, 0.3) is 5.91 Å². The van der Waals surface area contributed by atoms with Gasteiger partial charge in [-0.2, -0.15) is 0 Å². The van der Waals surface area contributed by atoms with Crippen molar-refractivity contribution in [3.05, 3.63) is 40.7 Å². The lowest BCUT2D eigenvalue weighted by atomic mass is 10.1. The average Bonchev–Trinajstić information content (AvgIpc) is 3.05. The van der Waals surface area contributed by atoms with Crippen molar-refractivity contribution in [1.82, 2.24) is 20.2 Å². The van der Waals surface area contributed by atoms with Crippen molar-refractivity contribution in [3.8, 4) is 5.75 Å². The monoisotopic (exact) mass is 760 g/mol. The van der Waals surface area contributed by atoms with Gasteiger partial charge in [0.15, 0.2) is 28.4 Å². The van der Waals surface area contributed by atoms with E-state index in [1.165, 1.54) is 4.90 Å². The van der Waals surface area contributed by atoms with E-state index in [4.69, 9.17) is 43.8 Å². The number of guanidine groups is 1. The molecule has 2 aromatic rings. The third kappa shape index (κ3) is 15.7. The van der Waals surface area contributed by atoms with Gasteiger partial charge in [-0.25, -0.2) is 9.97 Å². The molecule has 280 valence electrons. The summed E-state index contributed by atoms with van der Waals surface area (Å²) in [5.41, 5.74) is 17.7. The fourth-order valence-corrected chi connectivity index (χ4v) is 4.37. The number of carbonyl (C=O) groups is 1. The number of aryl methyl sites for hydroxylation is 1. The number of nitrogens with zero attached hydrogens (tertiary/aromatic N) is 4. The predicted octanol–water partition coefficient (Wildman–Crippen LogP) is -2.96. The number of aromatic nitrogens is 2. The number of benzene rings is 1. The molecule has 2 rings (SSSR count). The Balaban J connectivity index is 0.0000115. The van der Waals surface area contributed by atoms with Gasteiger partial charge >= 0.3 is 0 Å². The molecule has 0 aliphatic rings. The second-order valence-electron chi connectivity index (χ2n) is 10.7. The summed E-state index contributed by atoms with van der Waals surface area (Å²) >= 11 is 5.79. The first kappa shape index (κ1) is 46.1. The molecule has 49 heavy (non-hydrogen) atoms. The van der Waals surface area contributed by atoms with Crippen molar-refractivity contribution in [2.24, 2.45) is 10.7 Å². The Morgan fingerprint density at radius 3 is 1.96 bits per heavy atom. The number of aliphatic hydroxyl groups is 8. The number of unbranched alkanes of at least 4 members (excludes halogenated alkanes) is 1. The lowest BCUT2D eigenvalue weighted by Gasteiger charge is -2.32. The molecule has 15 N–H and O–H groups in total. The maximum Gasteiger partial charge on any atom is 0.280 e. The molecule has 0 radical (unpaired) electrons. The highest BCUT2D eigenvalue weighted by molar-refractivity contribution is 6.31. The number of carbonyl (C=O) groups excluding carboxylic acids is 1. The summed E-state index contributed by atoms with van der Waals surface area (Å²) < 4.78 is 5.76. The van der Waals surface area contributed by atoms with E-state index in [-0.39, 0.29) is 79.5 Å². The van der Waals surface area contributed by atoms with Gasteiger partial charge < -0.3 is 62.8 Å². The Morgan fingerprint density at radius 1 is 0.878 bits per heavy atom. The highest BCUT2D eigenvalue weighted by Gasteiger charge is 2.30. The highest BCUT2D eigenvalue weighted by atomic mass is 35.5. The first-order chi connectivity index (χ1) is 22.3. The summed E-state index contributed by atoms with van der Waals surface area (Å²) in [5, 5.41) is 80.1.